The van der Waals surface area contributed by atoms with Crippen LogP contribution in [0.2, 0.25) is 0 Å². The van der Waals surface area contributed by atoms with Crippen LogP contribution in [0.1, 0.15) is 20.8 Å². The predicted molar refractivity (Wildman–Crippen MR) is 31.8 cm³/mol. The third kappa shape index (κ3) is 3.06. The highest BCUT2D eigenvalue weighted by molar-refractivity contribution is 5.78. The fourth-order valence-corrected chi connectivity index (χ4v) is 0.303. The molecule has 0 radical (unpaired) electrons. The van der Waals surface area contributed by atoms with Gasteiger partial charge in [0.05, 0.1) is 6.61 Å². The topological polar surface area (TPSA) is 26.3 Å². The van der Waals surface area contributed by atoms with E-state index >= 15 is 0 Å². The average Bonchev–Trinajstić information content (AvgIpc) is 1.64. The van der Waals surface area contributed by atoms with Gasteiger partial charge in [0.1, 0.15) is 0 Å². The largest absolute Gasteiger partial charge is 0.464 e. The van der Waals surface area contributed by atoms with Gasteiger partial charge in [-0.1, -0.05) is 0 Å². The number of hydrogen-bond donors (Lipinski definition) is 0. The maximum atomic E-state index is 12.5. The normalized spacial score (nSPS) is 11.1. The first-order valence-electron chi connectivity index (χ1n) is 2.84. The highest BCUT2D eigenvalue weighted by Crippen LogP contribution is 2.09. The molecule has 0 heterocycles. The van der Waals surface area contributed by atoms with Crippen LogP contribution in [0.15, 0.2) is 0 Å². The van der Waals surface area contributed by atoms with Gasteiger partial charge >= 0.3 is 5.97 Å². The minimum absolute atomic E-state index is 0.228. The van der Waals surface area contributed by atoms with Gasteiger partial charge in [0.25, 0.3) is 0 Å². The summed E-state index contributed by atoms with van der Waals surface area (Å²) in [5.74, 6) is -0.801. The zero-order valence-electron chi connectivity index (χ0n) is 5.90. The molecule has 0 N–H and O–H groups in total. The molecule has 0 aromatic rings. The number of halogens is 1. The summed E-state index contributed by atoms with van der Waals surface area (Å²) in [6.07, 6.45) is 0. The number of alkyl halides is 1. The van der Waals surface area contributed by atoms with Crippen molar-refractivity contribution in [2.75, 3.05) is 6.61 Å². The van der Waals surface area contributed by atoms with Crippen LogP contribution < -0.4 is 0 Å². The summed E-state index contributed by atoms with van der Waals surface area (Å²) in [6, 6.07) is 0. The van der Waals surface area contributed by atoms with Gasteiger partial charge in [0.15, 0.2) is 0 Å². The zero-order valence-corrected chi connectivity index (χ0v) is 5.90. The first kappa shape index (κ1) is 8.40. The standard InChI is InChI=1S/C6H11FO2/c1-4-9-5(8)6(2,3)7/h4H2,1-3H3. The number of hydrogen-bond acceptors (Lipinski definition) is 2. The number of esters is 1. The number of carbonyl (C=O) groups excluding carboxylic acids is 1. The monoisotopic (exact) mass is 134 g/mol. The molecule has 0 aromatic carbocycles. The first-order valence-corrected chi connectivity index (χ1v) is 2.84. The average molecular weight is 134 g/mol. The number of ether oxygens (including phenoxy) is 1. The Morgan fingerprint density at radius 1 is 1.67 bits per heavy atom. The molecule has 0 bridgehead atoms. The van der Waals surface area contributed by atoms with Crippen molar-refractivity contribution in [2.24, 2.45) is 0 Å². The van der Waals surface area contributed by atoms with E-state index in [0.29, 0.717) is 0 Å². The van der Waals surface area contributed by atoms with Gasteiger partial charge in [-0.15, -0.1) is 0 Å². The lowest BCUT2D eigenvalue weighted by Crippen LogP contribution is -2.28. The fraction of sp³-hybridized carbons (Fsp3) is 0.833. The van der Waals surface area contributed by atoms with Crippen LogP contribution in [-0.2, 0) is 9.53 Å². The summed E-state index contributed by atoms with van der Waals surface area (Å²) < 4.78 is 16.9. The second-order valence-corrected chi connectivity index (χ2v) is 2.19. The molecule has 2 nitrogen and oxygen atoms in total. The quantitative estimate of drug-likeness (QED) is 0.532. The van der Waals surface area contributed by atoms with Crippen molar-refractivity contribution < 1.29 is 13.9 Å². The zero-order chi connectivity index (χ0) is 7.49. The van der Waals surface area contributed by atoms with Gasteiger partial charge in [0.2, 0.25) is 5.67 Å². The Labute approximate surface area is 54.0 Å². The Morgan fingerprint density at radius 2 is 2.11 bits per heavy atom. The molecule has 0 amide bonds. The molecule has 0 saturated carbocycles. The van der Waals surface area contributed by atoms with E-state index in [0.717, 1.165) is 0 Å². The van der Waals surface area contributed by atoms with Crippen molar-refractivity contribution in [3.63, 3.8) is 0 Å². The number of carbonyl (C=O) groups is 1. The van der Waals surface area contributed by atoms with Gasteiger partial charge in [-0.05, 0) is 20.8 Å². The third-order valence-corrected chi connectivity index (χ3v) is 0.761. The lowest BCUT2D eigenvalue weighted by molar-refractivity contribution is -0.154. The van der Waals surface area contributed by atoms with Gasteiger partial charge in [-0.3, -0.25) is 0 Å². The van der Waals surface area contributed by atoms with Gasteiger partial charge in [0, 0.05) is 0 Å². The Morgan fingerprint density at radius 3 is 2.22 bits per heavy atom. The molecule has 0 aliphatic rings. The summed E-state index contributed by atoms with van der Waals surface area (Å²) in [5.41, 5.74) is -1.85. The SMILES string of the molecule is CCOC(=O)C(C)(C)F. The van der Waals surface area contributed by atoms with Gasteiger partial charge in [-0.25, -0.2) is 9.18 Å². The van der Waals surface area contributed by atoms with Crippen molar-refractivity contribution in [1.29, 1.82) is 0 Å². The van der Waals surface area contributed by atoms with E-state index in [1.165, 1.54) is 13.8 Å². The second kappa shape index (κ2) is 2.80. The summed E-state index contributed by atoms with van der Waals surface area (Å²) in [5, 5.41) is 0. The molecule has 0 saturated heterocycles. The van der Waals surface area contributed by atoms with Crippen LogP contribution in [0.5, 0.6) is 0 Å². The van der Waals surface area contributed by atoms with Gasteiger partial charge < -0.3 is 4.74 Å². The molecule has 0 rings (SSSR count). The minimum Gasteiger partial charge on any atom is -0.464 e. The molecule has 0 atom stereocenters. The van der Waals surface area contributed by atoms with E-state index in [1.54, 1.807) is 6.92 Å². The van der Waals surface area contributed by atoms with Crippen LogP contribution in [0.25, 0.3) is 0 Å². The van der Waals surface area contributed by atoms with E-state index in [1.807, 2.05) is 0 Å². The highest BCUT2D eigenvalue weighted by atomic mass is 19.1. The second-order valence-electron chi connectivity index (χ2n) is 2.19. The molecule has 0 aromatic heterocycles. The van der Waals surface area contributed by atoms with Crippen molar-refractivity contribution in [3.8, 4) is 0 Å². The van der Waals surface area contributed by atoms with Crippen molar-refractivity contribution in [3.05, 3.63) is 0 Å². The van der Waals surface area contributed by atoms with Crippen LogP contribution in [0.3, 0.4) is 0 Å². The maximum absolute atomic E-state index is 12.5. The minimum atomic E-state index is -1.85. The molecule has 3 heteroatoms. The van der Waals surface area contributed by atoms with Crippen LogP contribution in [-0.4, -0.2) is 18.2 Å². The van der Waals surface area contributed by atoms with E-state index in [-0.39, 0.29) is 6.61 Å². The highest BCUT2D eigenvalue weighted by Gasteiger charge is 2.27. The molecular weight excluding hydrogens is 123 g/mol. The van der Waals surface area contributed by atoms with Crippen LogP contribution in [0, 0.1) is 0 Å². The van der Waals surface area contributed by atoms with E-state index in [4.69, 9.17) is 0 Å². The summed E-state index contributed by atoms with van der Waals surface area (Å²) in [7, 11) is 0. The molecule has 0 unspecified atom stereocenters. The third-order valence-electron chi connectivity index (χ3n) is 0.761. The predicted octanol–water partition coefficient (Wildman–Crippen LogP) is 1.30. The Kier molecular flexibility index (Phi) is 2.62. The smallest absolute Gasteiger partial charge is 0.343 e. The summed E-state index contributed by atoms with van der Waals surface area (Å²) >= 11 is 0. The van der Waals surface area contributed by atoms with Gasteiger partial charge in [-0.2, -0.15) is 0 Å². The molecule has 0 spiro atoms. The molecule has 9 heavy (non-hydrogen) atoms. The lowest BCUT2D eigenvalue weighted by atomic mass is 10.2. The van der Waals surface area contributed by atoms with E-state index < -0.39 is 11.6 Å². The van der Waals surface area contributed by atoms with E-state index in [9.17, 15) is 9.18 Å². The maximum Gasteiger partial charge on any atom is 0.343 e. The fourth-order valence-electron chi connectivity index (χ4n) is 0.303. The Bertz CT molecular complexity index is 104. The molecule has 54 valence electrons. The number of rotatable bonds is 2. The lowest BCUT2D eigenvalue weighted by Gasteiger charge is -2.10. The van der Waals surface area contributed by atoms with Crippen molar-refractivity contribution in [1.82, 2.24) is 0 Å². The summed E-state index contributed by atoms with van der Waals surface area (Å²) in [6.45, 7) is 4.21. The Balaban J connectivity index is 3.74. The molecular formula is C6H11FO2. The Hall–Kier alpha value is -0.600. The molecule has 0 fully saturated rings. The molecule has 0 aliphatic carbocycles. The molecule has 0 aliphatic heterocycles. The van der Waals surface area contributed by atoms with Crippen LogP contribution >= 0.6 is 0 Å². The first-order chi connectivity index (χ1) is 3.98. The van der Waals surface area contributed by atoms with E-state index in [2.05, 4.69) is 4.74 Å². The van der Waals surface area contributed by atoms with Crippen molar-refractivity contribution in [2.45, 2.75) is 26.4 Å². The van der Waals surface area contributed by atoms with Crippen LogP contribution in [0.4, 0.5) is 4.39 Å². The van der Waals surface area contributed by atoms with Crippen molar-refractivity contribution >= 4 is 5.97 Å². The summed E-state index contributed by atoms with van der Waals surface area (Å²) in [4.78, 5) is 10.5.